The maximum Gasteiger partial charge on any atom is 0.223 e. The summed E-state index contributed by atoms with van der Waals surface area (Å²) in [5.41, 5.74) is 7.23. The van der Waals surface area contributed by atoms with Crippen molar-refractivity contribution in [3.63, 3.8) is 0 Å². The maximum atomic E-state index is 12.4. The van der Waals surface area contributed by atoms with Gasteiger partial charge < -0.3 is 20.7 Å². The molecule has 1 unspecified atom stereocenters. The van der Waals surface area contributed by atoms with Crippen molar-refractivity contribution in [2.24, 2.45) is 17.1 Å². The van der Waals surface area contributed by atoms with Crippen molar-refractivity contribution in [1.82, 2.24) is 15.2 Å². The predicted molar refractivity (Wildman–Crippen MR) is 136 cm³/mol. The number of allylic oxidation sites excluding steroid dienone is 3. The van der Waals surface area contributed by atoms with E-state index in [1.54, 1.807) is 0 Å². The maximum absolute atomic E-state index is 12.4. The van der Waals surface area contributed by atoms with E-state index in [0.29, 0.717) is 19.0 Å². The van der Waals surface area contributed by atoms with Gasteiger partial charge in [-0.3, -0.25) is 9.78 Å². The van der Waals surface area contributed by atoms with Crippen molar-refractivity contribution in [3.05, 3.63) is 66.5 Å². The highest BCUT2D eigenvalue weighted by atomic mass is 16.2. The van der Waals surface area contributed by atoms with Gasteiger partial charge in [-0.25, -0.2) is 0 Å². The van der Waals surface area contributed by atoms with Crippen LogP contribution in [0.25, 0.3) is 10.9 Å². The highest BCUT2D eigenvalue weighted by molar-refractivity contribution is 5.79. The van der Waals surface area contributed by atoms with Crippen LogP contribution in [0, 0.1) is 11.3 Å². The third-order valence-electron chi connectivity index (χ3n) is 7.20. The lowest BCUT2D eigenvalue weighted by Crippen LogP contribution is -2.46. The number of rotatable bonds is 5. The molecule has 3 aliphatic rings. The monoisotopic (exact) mass is 460 g/mol. The number of aldehydes is 1. The van der Waals surface area contributed by atoms with E-state index in [1.165, 1.54) is 18.2 Å². The molecule has 6 heteroatoms. The second-order valence-electron chi connectivity index (χ2n) is 9.86. The minimum atomic E-state index is -0.502. The number of para-hydroxylation sites is 1. The van der Waals surface area contributed by atoms with Crippen LogP contribution in [-0.4, -0.2) is 47.8 Å². The van der Waals surface area contributed by atoms with Gasteiger partial charge in [0, 0.05) is 42.2 Å². The van der Waals surface area contributed by atoms with Crippen LogP contribution in [0.1, 0.15) is 44.9 Å². The Labute approximate surface area is 202 Å². The molecule has 1 saturated heterocycles. The van der Waals surface area contributed by atoms with E-state index in [2.05, 4.69) is 27.3 Å². The van der Waals surface area contributed by atoms with E-state index in [9.17, 15) is 9.59 Å². The number of amides is 1. The molecule has 6 nitrogen and oxygen atoms in total. The standard InChI is InChI=1S/C19H29N3O2.C9H7N/c20-16-4-3-9-19(12-16,14-23)13-22-10-7-15(8-11-22)18(24)21-17-5-1-2-6-17;1-2-6-9-8(4-1)5-3-7-10-9/h3-4,9,14-15,17H,1-2,5-8,10-13,20H2,(H,21,24);1-7H. The summed E-state index contributed by atoms with van der Waals surface area (Å²) in [6.45, 7) is 2.43. The number of fused-ring (bicyclic) bond motifs is 1. The summed E-state index contributed by atoms with van der Waals surface area (Å²) in [6, 6.07) is 12.5. The zero-order valence-electron chi connectivity index (χ0n) is 19.9. The summed E-state index contributed by atoms with van der Waals surface area (Å²) in [4.78, 5) is 30.5. The highest BCUT2D eigenvalue weighted by Crippen LogP contribution is 2.31. The molecule has 1 aromatic heterocycles. The average molecular weight is 461 g/mol. The highest BCUT2D eigenvalue weighted by Gasteiger charge is 2.34. The largest absolute Gasteiger partial charge is 0.402 e. The van der Waals surface area contributed by atoms with Gasteiger partial charge in [-0.05, 0) is 57.0 Å². The molecule has 1 amide bonds. The summed E-state index contributed by atoms with van der Waals surface area (Å²) in [5, 5.41) is 4.42. The van der Waals surface area contributed by atoms with Crippen LogP contribution in [-0.2, 0) is 9.59 Å². The Morgan fingerprint density at radius 3 is 2.56 bits per heavy atom. The van der Waals surface area contributed by atoms with Crippen molar-refractivity contribution in [2.75, 3.05) is 19.6 Å². The Morgan fingerprint density at radius 1 is 1.12 bits per heavy atom. The molecule has 2 aromatic rings. The number of likely N-dealkylation sites (tertiary alicyclic amines) is 1. The molecule has 0 radical (unpaired) electrons. The van der Waals surface area contributed by atoms with Crippen molar-refractivity contribution in [2.45, 2.75) is 51.0 Å². The van der Waals surface area contributed by atoms with Gasteiger partial charge in [0.1, 0.15) is 6.29 Å². The van der Waals surface area contributed by atoms with E-state index in [1.807, 2.05) is 48.7 Å². The summed E-state index contributed by atoms with van der Waals surface area (Å²) in [7, 11) is 0. The van der Waals surface area contributed by atoms with Crippen LogP contribution in [0.5, 0.6) is 0 Å². The minimum Gasteiger partial charge on any atom is -0.402 e. The number of benzene rings is 1. The molecule has 34 heavy (non-hydrogen) atoms. The van der Waals surface area contributed by atoms with E-state index < -0.39 is 5.41 Å². The summed E-state index contributed by atoms with van der Waals surface area (Å²) < 4.78 is 0. The molecule has 180 valence electrons. The van der Waals surface area contributed by atoms with Crippen LogP contribution in [0.15, 0.2) is 66.5 Å². The zero-order chi connectivity index (χ0) is 23.8. The topological polar surface area (TPSA) is 88.3 Å². The van der Waals surface area contributed by atoms with Crippen LogP contribution in [0.3, 0.4) is 0 Å². The van der Waals surface area contributed by atoms with Gasteiger partial charge in [-0.1, -0.05) is 49.3 Å². The van der Waals surface area contributed by atoms with Crippen LogP contribution < -0.4 is 11.1 Å². The predicted octanol–water partition coefficient (Wildman–Crippen LogP) is 3.98. The summed E-state index contributed by atoms with van der Waals surface area (Å²) in [5.74, 6) is 0.359. The number of pyridine rings is 1. The molecule has 5 rings (SSSR count). The first-order valence-corrected chi connectivity index (χ1v) is 12.5. The Morgan fingerprint density at radius 2 is 1.85 bits per heavy atom. The average Bonchev–Trinajstić information content (AvgIpc) is 3.38. The molecule has 1 atom stereocenters. The van der Waals surface area contributed by atoms with Crippen molar-refractivity contribution in [1.29, 1.82) is 0 Å². The number of hydrogen-bond donors (Lipinski definition) is 2. The normalized spacial score (nSPS) is 23.7. The summed E-state index contributed by atoms with van der Waals surface area (Å²) in [6.07, 6.45) is 15.6. The lowest BCUT2D eigenvalue weighted by Gasteiger charge is -2.37. The fraction of sp³-hybridized carbons (Fsp3) is 0.464. The fourth-order valence-electron chi connectivity index (χ4n) is 5.26. The molecule has 1 saturated carbocycles. The molecule has 3 N–H and O–H groups in total. The number of nitrogens with zero attached hydrogens (tertiary/aromatic N) is 2. The number of nitrogens with two attached hydrogens (primary N) is 1. The van der Waals surface area contributed by atoms with Crippen molar-refractivity contribution < 1.29 is 9.59 Å². The second-order valence-corrected chi connectivity index (χ2v) is 9.86. The quantitative estimate of drug-likeness (QED) is 0.659. The summed E-state index contributed by atoms with van der Waals surface area (Å²) >= 11 is 0. The fourth-order valence-corrected chi connectivity index (χ4v) is 5.26. The number of aromatic nitrogens is 1. The molecule has 1 aromatic carbocycles. The lowest BCUT2D eigenvalue weighted by molar-refractivity contribution is -0.127. The molecule has 1 aliphatic heterocycles. The van der Waals surface area contributed by atoms with E-state index in [0.717, 1.165) is 56.3 Å². The van der Waals surface area contributed by atoms with Gasteiger partial charge >= 0.3 is 0 Å². The molecule has 0 spiro atoms. The van der Waals surface area contributed by atoms with Gasteiger partial charge in [0.15, 0.2) is 0 Å². The number of hydrogen-bond acceptors (Lipinski definition) is 5. The van der Waals surface area contributed by atoms with Gasteiger partial charge in [0.25, 0.3) is 0 Å². The van der Waals surface area contributed by atoms with Crippen LogP contribution in [0.4, 0.5) is 0 Å². The molecule has 0 bridgehead atoms. The SMILES string of the molecule is NC1=CC=CC(C=O)(CN2CCC(C(=O)NC3CCCC3)CC2)C1.c1ccc2ncccc2c1. The molecule has 2 heterocycles. The number of nitrogens with one attached hydrogen (secondary N) is 1. The number of carbonyl (C=O) groups excluding carboxylic acids is 2. The smallest absolute Gasteiger partial charge is 0.223 e. The number of carbonyl (C=O) groups is 2. The third-order valence-corrected chi connectivity index (χ3v) is 7.20. The first-order valence-electron chi connectivity index (χ1n) is 12.5. The molecule has 2 fully saturated rings. The van der Waals surface area contributed by atoms with Gasteiger partial charge in [-0.2, -0.15) is 0 Å². The van der Waals surface area contributed by atoms with E-state index in [-0.39, 0.29) is 11.8 Å². The van der Waals surface area contributed by atoms with Crippen molar-refractivity contribution in [3.8, 4) is 0 Å². The van der Waals surface area contributed by atoms with Crippen LogP contribution >= 0.6 is 0 Å². The molecular formula is C28H36N4O2. The zero-order valence-corrected chi connectivity index (χ0v) is 19.9. The minimum absolute atomic E-state index is 0.126. The van der Waals surface area contributed by atoms with Crippen LogP contribution in [0.2, 0.25) is 0 Å². The lowest BCUT2D eigenvalue weighted by atomic mass is 9.80. The first kappa shape index (κ1) is 24.1. The van der Waals surface area contributed by atoms with Gasteiger partial charge in [-0.15, -0.1) is 0 Å². The second kappa shape index (κ2) is 11.4. The first-order chi connectivity index (χ1) is 16.6. The Kier molecular flexibility index (Phi) is 8.12. The van der Waals surface area contributed by atoms with Gasteiger partial charge in [0.2, 0.25) is 5.91 Å². The number of piperidine rings is 1. The Balaban J connectivity index is 0.000000226. The molecular weight excluding hydrogens is 424 g/mol. The van der Waals surface area contributed by atoms with Crippen molar-refractivity contribution >= 4 is 23.1 Å². The van der Waals surface area contributed by atoms with Gasteiger partial charge in [0.05, 0.1) is 10.9 Å². The van der Waals surface area contributed by atoms with E-state index >= 15 is 0 Å². The Bertz CT molecular complexity index is 970. The Hall–Kier alpha value is -2.99. The van der Waals surface area contributed by atoms with E-state index in [4.69, 9.17) is 5.73 Å². The molecule has 2 aliphatic carbocycles. The third kappa shape index (κ3) is 6.32.